The molecule has 198 valence electrons. The Morgan fingerprint density at radius 2 is 1.84 bits per heavy atom. The van der Waals surface area contributed by atoms with Crippen LogP contribution in [-0.2, 0) is 19.3 Å². The number of nitrogens with one attached hydrogen (secondary N) is 2. The Balaban J connectivity index is 1.46. The third kappa shape index (κ3) is 4.77. The van der Waals surface area contributed by atoms with Gasteiger partial charge in [0.15, 0.2) is 5.69 Å². The second-order valence-corrected chi connectivity index (χ2v) is 10.3. The number of aromatic nitrogens is 2. The molecule has 0 bridgehead atoms. The van der Waals surface area contributed by atoms with Crippen molar-refractivity contribution in [3.05, 3.63) is 95.1 Å². The number of hydrogen-bond donors (Lipinski definition) is 5. The second kappa shape index (κ2) is 9.53. The smallest absolute Gasteiger partial charge is 0.326 e. The quantitative estimate of drug-likeness (QED) is 0.209. The lowest BCUT2D eigenvalue weighted by atomic mass is 10.0. The zero-order valence-corrected chi connectivity index (χ0v) is 20.3. The number of nitrogens with zero attached hydrogens (tertiary/aromatic N) is 2. The molecule has 0 fully saturated rings. The predicted octanol–water partition coefficient (Wildman–Crippen LogP) is 5.54. The van der Waals surface area contributed by atoms with Crippen molar-refractivity contribution >= 4 is 22.4 Å². The number of rotatable bonds is 5. The van der Waals surface area contributed by atoms with Crippen LogP contribution in [0.5, 0.6) is 0 Å². The van der Waals surface area contributed by atoms with Crippen molar-refractivity contribution in [1.29, 1.82) is 0 Å². The molecule has 8 nitrogen and oxygen atoms in total. The number of nitrogens with two attached hydrogens (primary N) is 1. The number of halogens is 4. The summed E-state index contributed by atoms with van der Waals surface area (Å²) in [6.45, 7) is 0.116. The van der Waals surface area contributed by atoms with Crippen molar-refractivity contribution in [3.8, 4) is 16.8 Å². The van der Waals surface area contributed by atoms with Crippen LogP contribution in [0.2, 0.25) is 0 Å². The van der Waals surface area contributed by atoms with Crippen molar-refractivity contribution < 1.29 is 31.5 Å². The first kappa shape index (κ1) is 25.9. The van der Waals surface area contributed by atoms with Crippen LogP contribution in [-0.4, -0.2) is 24.8 Å². The van der Waals surface area contributed by atoms with E-state index in [4.69, 9.17) is 5.73 Å². The molecule has 1 amide bonds. The Labute approximate surface area is 215 Å². The van der Waals surface area contributed by atoms with Crippen LogP contribution in [0, 0.1) is 5.82 Å². The summed E-state index contributed by atoms with van der Waals surface area (Å²) in [5.41, 5.74) is 6.17. The molecule has 6 N–H and O–H groups in total. The van der Waals surface area contributed by atoms with E-state index < -0.39 is 40.1 Å². The van der Waals surface area contributed by atoms with Gasteiger partial charge in [-0.15, -0.1) is 10.8 Å². The summed E-state index contributed by atoms with van der Waals surface area (Å²) in [5, 5.41) is 6.09. The largest absolute Gasteiger partial charge is 0.435 e. The van der Waals surface area contributed by atoms with E-state index in [1.165, 1.54) is 24.3 Å². The predicted molar refractivity (Wildman–Crippen MR) is 134 cm³/mol. The molecule has 1 aromatic heterocycles. The fourth-order valence-corrected chi connectivity index (χ4v) is 5.69. The summed E-state index contributed by atoms with van der Waals surface area (Å²) in [6, 6.07) is 15.8. The number of carbonyl (C=O) groups is 1. The van der Waals surface area contributed by atoms with Gasteiger partial charge in [-0.3, -0.25) is 13.9 Å². The van der Waals surface area contributed by atoms with E-state index in [1.54, 1.807) is 30.3 Å². The number of benzene rings is 3. The molecule has 0 saturated heterocycles. The molecule has 0 saturated carbocycles. The molecule has 0 spiro atoms. The topological polar surface area (TPSA) is 125 Å². The van der Waals surface area contributed by atoms with E-state index in [1.807, 2.05) is 0 Å². The van der Waals surface area contributed by atoms with Crippen LogP contribution in [0.15, 0.2) is 71.6 Å². The summed E-state index contributed by atoms with van der Waals surface area (Å²) in [7, 11) is -3.15. The minimum atomic E-state index is -4.82. The van der Waals surface area contributed by atoms with Gasteiger partial charge >= 0.3 is 6.18 Å². The third-order valence-electron chi connectivity index (χ3n) is 6.03. The molecule has 1 aliphatic rings. The minimum absolute atomic E-state index is 0.0355. The molecule has 13 heteroatoms. The van der Waals surface area contributed by atoms with Gasteiger partial charge in [0.1, 0.15) is 11.5 Å². The summed E-state index contributed by atoms with van der Waals surface area (Å²) >= 11 is 0. The number of amides is 1. The summed E-state index contributed by atoms with van der Waals surface area (Å²) in [6.07, 6.45) is -4.82. The third-order valence-corrected chi connectivity index (χ3v) is 7.62. The standard InChI is InChI=1S/C25H21F4N5O3S/c26-20-9-8-18(10-16(20)12-30)34-21(11-22(33-34)25(27,28)29)24(35)32-17-6-4-14(5-7-17)19-3-1-2-15-13-31-38(36,37)23(15)19/h1-11,31,36-37H,12-13,30H2,(H,32,35). The maximum Gasteiger partial charge on any atom is 0.435 e. The monoisotopic (exact) mass is 547 g/mol. The second-order valence-electron chi connectivity index (χ2n) is 8.50. The van der Waals surface area contributed by atoms with Gasteiger partial charge in [-0.25, -0.2) is 13.8 Å². The molecule has 3 aromatic carbocycles. The normalized spacial score (nSPS) is 15.2. The van der Waals surface area contributed by atoms with E-state index in [9.17, 15) is 31.5 Å². The van der Waals surface area contributed by atoms with Gasteiger partial charge in [0.2, 0.25) is 0 Å². The number of carbonyl (C=O) groups excluding carboxylic acids is 1. The summed E-state index contributed by atoms with van der Waals surface area (Å²) in [5.74, 6) is -1.51. The zero-order chi connectivity index (χ0) is 27.2. The van der Waals surface area contributed by atoms with Gasteiger partial charge in [0, 0.05) is 36.0 Å². The highest BCUT2D eigenvalue weighted by atomic mass is 32.3. The van der Waals surface area contributed by atoms with Gasteiger partial charge in [0.05, 0.1) is 10.6 Å². The molecule has 0 atom stereocenters. The van der Waals surface area contributed by atoms with Crippen molar-refractivity contribution in [2.45, 2.75) is 24.2 Å². The van der Waals surface area contributed by atoms with Gasteiger partial charge in [-0.2, -0.15) is 18.3 Å². The number of alkyl halides is 3. The highest BCUT2D eigenvalue weighted by Gasteiger charge is 2.36. The first-order valence-corrected chi connectivity index (χ1v) is 12.8. The van der Waals surface area contributed by atoms with Crippen LogP contribution in [0.4, 0.5) is 23.2 Å². The lowest BCUT2D eigenvalue weighted by Gasteiger charge is -2.29. The summed E-state index contributed by atoms with van der Waals surface area (Å²) in [4.78, 5) is 13.5. The SMILES string of the molecule is NCc1cc(-n2nc(C(F)(F)F)cc2C(=O)Nc2ccc(-c3cccc4c3S(O)(O)NC4)cc2)ccc1F. The van der Waals surface area contributed by atoms with Crippen LogP contribution in [0.3, 0.4) is 0 Å². The van der Waals surface area contributed by atoms with Crippen LogP contribution < -0.4 is 15.8 Å². The van der Waals surface area contributed by atoms with E-state index in [2.05, 4.69) is 15.1 Å². The molecule has 0 aliphatic carbocycles. The highest BCUT2D eigenvalue weighted by Crippen LogP contribution is 2.54. The van der Waals surface area contributed by atoms with Gasteiger partial charge in [0.25, 0.3) is 5.91 Å². The Kier molecular flexibility index (Phi) is 6.49. The Morgan fingerprint density at radius 3 is 2.53 bits per heavy atom. The fourth-order valence-electron chi connectivity index (χ4n) is 4.19. The highest BCUT2D eigenvalue weighted by molar-refractivity contribution is 8.23. The van der Waals surface area contributed by atoms with Crippen molar-refractivity contribution in [2.75, 3.05) is 5.32 Å². The zero-order valence-electron chi connectivity index (χ0n) is 19.5. The van der Waals surface area contributed by atoms with Crippen LogP contribution in [0.1, 0.15) is 27.3 Å². The Bertz CT molecular complexity index is 1540. The van der Waals surface area contributed by atoms with Crippen molar-refractivity contribution in [2.24, 2.45) is 5.73 Å². The number of fused-ring (bicyclic) bond motifs is 1. The average Bonchev–Trinajstić information content (AvgIpc) is 3.47. The molecule has 4 aromatic rings. The molecule has 5 rings (SSSR count). The molecule has 0 radical (unpaired) electrons. The van der Waals surface area contributed by atoms with Gasteiger partial charge in [-0.05, 0) is 41.5 Å². The minimum Gasteiger partial charge on any atom is -0.326 e. The van der Waals surface area contributed by atoms with Gasteiger partial charge in [-0.1, -0.05) is 30.3 Å². The fraction of sp³-hybridized carbons (Fsp3) is 0.120. The van der Waals surface area contributed by atoms with E-state index in [0.717, 1.165) is 16.3 Å². The first-order chi connectivity index (χ1) is 18.0. The molecule has 0 unspecified atom stereocenters. The van der Waals surface area contributed by atoms with Gasteiger partial charge < -0.3 is 11.1 Å². The van der Waals surface area contributed by atoms with E-state index in [-0.39, 0.29) is 23.5 Å². The Morgan fingerprint density at radius 1 is 1.11 bits per heavy atom. The first-order valence-electron chi connectivity index (χ1n) is 11.2. The molecular formula is C25H21F4N5O3S. The molecule has 1 aliphatic heterocycles. The lowest BCUT2D eigenvalue weighted by molar-refractivity contribution is -0.141. The average molecular weight is 548 g/mol. The lowest BCUT2D eigenvalue weighted by Crippen LogP contribution is -2.17. The molecule has 38 heavy (non-hydrogen) atoms. The van der Waals surface area contributed by atoms with Crippen molar-refractivity contribution in [1.82, 2.24) is 14.5 Å². The number of hydrogen-bond acceptors (Lipinski definition) is 6. The molecular weight excluding hydrogens is 526 g/mol. The number of anilines is 1. The van der Waals surface area contributed by atoms with Crippen LogP contribution >= 0.6 is 10.8 Å². The summed E-state index contributed by atoms with van der Waals surface area (Å²) < 4.78 is 78.4. The van der Waals surface area contributed by atoms with E-state index in [0.29, 0.717) is 28.6 Å². The van der Waals surface area contributed by atoms with Crippen molar-refractivity contribution in [3.63, 3.8) is 0 Å². The maximum absolute atomic E-state index is 13.9. The molecule has 2 heterocycles. The van der Waals surface area contributed by atoms with Crippen LogP contribution in [0.25, 0.3) is 16.8 Å². The van der Waals surface area contributed by atoms with E-state index >= 15 is 0 Å². The Hall–Kier alpha value is -3.75. The maximum atomic E-state index is 13.9.